The van der Waals surface area contributed by atoms with Gasteiger partial charge in [0.25, 0.3) is 0 Å². The minimum atomic E-state index is 0.124. The molecule has 1 saturated carbocycles. The van der Waals surface area contributed by atoms with Gasteiger partial charge in [-0.15, -0.1) is 11.8 Å². The number of hydrogen-bond acceptors (Lipinski definition) is 2. The Kier molecular flexibility index (Phi) is 6.39. The first-order valence-electron chi connectivity index (χ1n) is 6.96. The second kappa shape index (κ2) is 7.30. The molecule has 3 heteroatoms. The molecule has 1 N–H and O–H groups in total. The molecule has 0 radical (unpaired) electrons. The Morgan fingerprint density at radius 1 is 1.29 bits per heavy atom. The van der Waals surface area contributed by atoms with Crippen LogP contribution in [0.2, 0.25) is 0 Å². The van der Waals surface area contributed by atoms with Crippen LogP contribution in [-0.4, -0.2) is 23.0 Å². The van der Waals surface area contributed by atoms with Crippen molar-refractivity contribution < 1.29 is 4.79 Å². The smallest absolute Gasteiger partial charge is 0.233 e. The molecule has 0 saturated heterocycles. The van der Waals surface area contributed by atoms with E-state index in [1.54, 1.807) is 11.8 Å². The molecule has 17 heavy (non-hydrogen) atoms. The molecule has 1 amide bonds. The highest BCUT2D eigenvalue weighted by Gasteiger charge is 2.26. The molecule has 1 unspecified atom stereocenters. The maximum Gasteiger partial charge on any atom is 0.233 e. The average Bonchev–Trinajstić information content (AvgIpc) is 2.28. The largest absolute Gasteiger partial charge is 0.352 e. The summed E-state index contributed by atoms with van der Waals surface area (Å²) in [5.74, 6) is 2.53. The van der Waals surface area contributed by atoms with Gasteiger partial charge in [0.15, 0.2) is 0 Å². The summed E-state index contributed by atoms with van der Waals surface area (Å²) in [7, 11) is 0. The zero-order valence-corrected chi connectivity index (χ0v) is 12.5. The normalized spacial score (nSPS) is 26.9. The van der Waals surface area contributed by atoms with E-state index >= 15 is 0 Å². The zero-order chi connectivity index (χ0) is 12.8. The molecule has 1 aliphatic rings. The van der Waals surface area contributed by atoms with Gasteiger partial charge in [-0.1, -0.05) is 27.7 Å². The van der Waals surface area contributed by atoms with Crippen LogP contribution in [0.3, 0.4) is 0 Å². The number of hydrogen-bond donors (Lipinski definition) is 1. The fourth-order valence-electron chi connectivity index (χ4n) is 2.44. The van der Waals surface area contributed by atoms with Crippen molar-refractivity contribution in [1.82, 2.24) is 5.32 Å². The average molecular weight is 257 g/mol. The van der Waals surface area contributed by atoms with Crippen molar-refractivity contribution in [3.05, 3.63) is 0 Å². The second-order valence-corrected chi connectivity index (χ2v) is 7.00. The van der Waals surface area contributed by atoms with Gasteiger partial charge in [-0.05, 0) is 43.3 Å². The number of nitrogens with one attached hydrogen (secondary N) is 1. The Bertz CT molecular complexity index is 234. The first kappa shape index (κ1) is 14.9. The summed E-state index contributed by atoms with van der Waals surface area (Å²) in [5.41, 5.74) is 0. The van der Waals surface area contributed by atoms with Crippen LogP contribution in [0, 0.1) is 11.8 Å². The lowest BCUT2D eigenvalue weighted by molar-refractivity contribution is -0.122. The molecule has 0 aromatic carbocycles. The second-order valence-electron chi connectivity index (χ2n) is 5.59. The van der Waals surface area contributed by atoms with E-state index in [0.29, 0.717) is 12.0 Å². The molecular formula is C14H27NOS. The number of amides is 1. The highest BCUT2D eigenvalue weighted by molar-refractivity contribution is 8.00. The van der Waals surface area contributed by atoms with Gasteiger partial charge in [0.05, 0.1) is 5.25 Å². The highest BCUT2D eigenvalue weighted by atomic mass is 32.2. The van der Waals surface area contributed by atoms with Crippen LogP contribution in [0.15, 0.2) is 0 Å². The van der Waals surface area contributed by atoms with Crippen LogP contribution in [0.25, 0.3) is 0 Å². The van der Waals surface area contributed by atoms with Gasteiger partial charge < -0.3 is 5.32 Å². The van der Waals surface area contributed by atoms with Crippen molar-refractivity contribution in [2.45, 2.75) is 64.7 Å². The Balaban J connectivity index is 2.41. The minimum absolute atomic E-state index is 0.124. The van der Waals surface area contributed by atoms with Crippen molar-refractivity contribution in [3.8, 4) is 0 Å². The fraction of sp³-hybridized carbons (Fsp3) is 0.929. The first-order chi connectivity index (χ1) is 8.04. The van der Waals surface area contributed by atoms with E-state index in [2.05, 4.69) is 33.0 Å². The van der Waals surface area contributed by atoms with Gasteiger partial charge in [-0.2, -0.15) is 0 Å². The topological polar surface area (TPSA) is 29.1 Å². The van der Waals surface area contributed by atoms with Crippen LogP contribution >= 0.6 is 11.8 Å². The molecule has 1 fully saturated rings. The van der Waals surface area contributed by atoms with Gasteiger partial charge in [-0.25, -0.2) is 0 Å². The van der Waals surface area contributed by atoms with Gasteiger partial charge in [0.1, 0.15) is 0 Å². The Morgan fingerprint density at radius 3 is 2.35 bits per heavy atom. The van der Waals surface area contributed by atoms with Crippen LogP contribution in [-0.2, 0) is 4.79 Å². The van der Waals surface area contributed by atoms with Gasteiger partial charge in [0.2, 0.25) is 5.91 Å². The van der Waals surface area contributed by atoms with Crippen molar-refractivity contribution >= 4 is 17.7 Å². The predicted octanol–water partition coefficient (Wildman–Crippen LogP) is 3.46. The molecule has 0 aromatic rings. The zero-order valence-electron chi connectivity index (χ0n) is 11.7. The first-order valence-corrected chi connectivity index (χ1v) is 8.01. The fourth-order valence-corrected chi connectivity index (χ4v) is 3.40. The predicted molar refractivity (Wildman–Crippen MR) is 76.3 cm³/mol. The van der Waals surface area contributed by atoms with Crippen molar-refractivity contribution in [2.75, 3.05) is 5.75 Å². The summed E-state index contributed by atoms with van der Waals surface area (Å²) >= 11 is 1.77. The third-order valence-corrected chi connectivity index (χ3v) is 5.02. The van der Waals surface area contributed by atoms with E-state index in [1.165, 1.54) is 12.8 Å². The lowest BCUT2D eigenvalue weighted by Crippen LogP contribution is -2.43. The van der Waals surface area contributed by atoms with Crippen molar-refractivity contribution in [3.63, 3.8) is 0 Å². The van der Waals surface area contributed by atoms with E-state index in [0.717, 1.165) is 24.5 Å². The molecule has 0 aliphatic heterocycles. The molecule has 1 atom stereocenters. The molecule has 1 aliphatic carbocycles. The molecule has 0 heterocycles. The minimum Gasteiger partial charge on any atom is -0.352 e. The van der Waals surface area contributed by atoms with Crippen LogP contribution in [0.5, 0.6) is 0 Å². The van der Waals surface area contributed by atoms with E-state index in [1.807, 2.05) is 0 Å². The summed E-state index contributed by atoms with van der Waals surface area (Å²) < 4.78 is 0. The van der Waals surface area contributed by atoms with E-state index < -0.39 is 0 Å². The summed E-state index contributed by atoms with van der Waals surface area (Å²) in [6.07, 6.45) is 4.85. The van der Waals surface area contributed by atoms with E-state index in [9.17, 15) is 4.79 Å². The summed E-state index contributed by atoms with van der Waals surface area (Å²) in [5, 5.41) is 3.37. The molecule has 0 bridgehead atoms. The SMILES string of the molecule is CCSC(C(=O)NC1CCC(C)CC1)C(C)C. The number of carbonyl (C=O) groups is 1. The van der Waals surface area contributed by atoms with Gasteiger partial charge in [-0.3, -0.25) is 4.79 Å². The molecule has 1 rings (SSSR count). The highest BCUT2D eigenvalue weighted by Crippen LogP contribution is 2.25. The number of rotatable bonds is 5. The molecule has 0 spiro atoms. The Labute approximate surface area is 110 Å². The summed E-state index contributed by atoms with van der Waals surface area (Å²) in [6, 6.07) is 0.428. The third-order valence-electron chi connectivity index (χ3n) is 3.57. The maximum atomic E-state index is 12.2. The lowest BCUT2D eigenvalue weighted by Gasteiger charge is -2.29. The van der Waals surface area contributed by atoms with E-state index in [-0.39, 0.29) is 11.2 Å². The Morgan fingerprint density at radius 2 is 1.88 bits per heavy atom. The van der Waals surface area contributed by atoms with Gasteiger partial charge >= 0.3 is 0 Å². The standard InChI is InChI=1S/C14H27NOS/c1-5-17-13(10(2)3)14(16)15-12-8-6-11(4)7-9-12/h10-13H,5-9H2,1-4H3,(H,15,16). The van der Waals surface area contributed by atoms with Gasteiger partial charge in [0, 0.05) is 6.04 Å². The molecule has 2 nitrogen and oxygen atoms in total. The van der Waals surface area contributed by atoms with Crippen molar-refractivity contribution in [2.24, 2.45) is 11.8 Å². The maximum absolute atomic E-state index is 12.2. The third kappa shape index (κ3) is 4.90. The molecule has 100 valence electrons. The Hall–Kier alpha value is -0.180. The number of thioether (sulfide) groups is 1. The van der Waals surface area contributed by atoms with Crippen LogP contribution in [0.4, 0.5) is 0 Å². The lowest BCUT2D eigenvalue weighted by atomic mass is 9.87. The molecule has 0 aromatic heterocycles. The number of carbonyl (C=O) groups excluding carboxylic acids is 1. The molecular weight excluding hydrogens is 230 g/mol. The monoisotopic (exact) mass is 257 g/mol. The van der Waals surface area contributed by atoms with Crippen LogP contribution in [0.1, 0.15) is 53.4 Å². The van der Waals surface area contributed by atoms with Crippen molar-refractivity contribution in [1.29, 1.82) is 0 Å². The quantitative estimate of drug-likeness (QED) is 0.817. The summed E-state index contributed by atoms with van der Waals surface area (Å²) in [4.78, 5) is 12.2. The van der Waals surface area contributed by atoms with Crippen LogP contribution < -0.4 is 5.32 Å². The van der Waals surface area contributed by atoms with E-state index in [4.69, 9.17) is 0 Å². The summed E-state index contributed by atoms with van der Waals surface area (Å²) in [6.45, 7) is 8.70.